The van der Waals surface area contributed by atoms with Crippen LogP contribution in [-0.2, 0) is 16.0 Å². The molecular formula is C24H26F5N3O5. The van der Waals surface area contributed by atoms with Gasteiger partial charge < -0.3 is 25.7 Å². The van der Waals surface area contributed by atoms with Crippen molar-refractivity contribution in [2.45, 2.75) is 38.1 Å². The van der Waals surface area contributed by atoms with Gasteiger partial charge in [-0.3, -0.25) is 14.4 Å². The minimum absolute atomic E-state index is 0.0219. The van der Waals surface area contributed by atoms with E-state index in [1.165, 1.54) is 30.4 Å². The van der Waals surface area contributed by atoms with E-state index < -0.39 is 62.1 Å². The number of nitrogens with zero attached hydrogens (tertiary/aromatic N) is 1. The standard InChI is InChI=1S/C24H26F5N3O5/c1-14-16(8-5-9-18(14)33)22(36)31-17(10-15-6-3-2-4-7-15)21(35)23(37)32(11-19(25)26)12-20(34)30-13-24(27,28)29/h2-9,17,19,21,33,35H,10-13H2,1H3,(H,30,34)(H,31,36). The second-order valence-corrected chi connectivity index (χ2v) is 8.17. The number of phenolic OH excluding ortho intramolecular Hbond substituents is 1. The van der Waals surface area contributed by atoms with Crippen molar-refractivity contribution < 1.29 is 46.5 Å². The van der Waals surface area contributed by atoms with Crippen LogP contribution in [0.3, 0.4) is 0 Å². The van der Waals surface area contributed by atoms with Crippen molar-refractivity contribution in [3.05, 3.63) is 65.2 Å². The van der Waals surface area contributed by atoms with E-state index in [4.69, 9.17) is 0 Å². The van der Waals surface area contributed by atoms with Gasteiger partial charge in [0.1, 0.15) is 12.3 Å². The number of amides is 3. The van der Waals surface area contributed by atoms with Gasteiger partial charge in [0.05, 0.1) is 19.1 Å². The molecule has 2 unspecified atom stereocenters. The Morgan fingerprint density at radius 2 is 1.68 bits per heavy atom. The molecule has 2 aromatic rings. The van der Waals surface area contributed by atoms with E-state index in [-0.39, 0.29) is 28.2 Å². The summed E-state index contributed by atoms with van der Waals surface area (Å²) in [7, 11) is 0. The number of hydrogen-bond acceptors (Lipinski definition) is 5. The van der Waals surface area contributed by atoms with Crippen molar-refractivity contribution in [2.75, 3.05) is 19.6 Å². The fraction of sp³-hybridized carbons (Fsp3) is 0.375. The summed E-state index contributed by atoms with van der Waals surface area (Å²) in [5.74, 6) is -3.73. The molecule has 0 heterocycles. The molecule has 2 rings (SSSR count). The van der Waals surface area contributed by atoms with Gasteiger partial charge in [-0.1, -0.05) is 36.4 Å². The molecule has 8 nitrogen and oxygen atoms in total. The highest BCUT2D eigenvalue weighted by Gasteiger charge is 2.34. The molecule has 0 aliphatic rings. The lowest BCUT2D eigenvalue weighted by Crippen LogP contribution is -2.55. The minimum atomic E-state index is -4.76. The molecule has 3 amide bonds. The zero-order chi connectivity index (χ0) is 27.8. The monoisotopic (exact) mass is 531 g/mol. The van der Waals surface area contributed by atoms with Gasteiger partial charge in [0.2, 0.25) is 5.91 Å². The van der Waals surface area contributed by atoms with E-state index >= 15 is 0 Å². The Hall–Kier alpha value is -3.74. The lowest BCUT2D eigenvalue weighted by molar-refractivity contribution is -0.148. The van der Waals surface area contributed by atoms with Gasteiger partial charge in [-0.2, -0.15) is 13.2 Å². The van der Waals surface area contributed by atoms with Crippen LogP contribution in [0.1, 0.15) is 21.5 Å². The number of aliphatic hydroxyl groups excluding tert-OH is 1. The number of benzene rings is 2. The van der Waals surface area contributed by atoms with E-state index in [1.54, 1.807) is 30.3 Å². The second kappa shape index (κ2) is 13.0. The molecule has 0 aromatic heterocycles. The van der Waals surface area contributed by atoms with E-state index in [0.717, 1.165) is 0 Å². The molecule has 0 aliphatic heterocycles. The lowest BCUT2D eigenvalue weighted by atomic mass is 9.99. The van der Waals surface area contributed by atoms with Crippen molar-refractivity contribution in [3.8, 4) is 5.75 Å². The molecule has 0 saturated carbocycles. The molecule has 202 valence electrons. The third-order valence-corrected chi connectivity index (χ3v) is 5.29. The first-order valence-corrected chi connectivity index (χ1v) is 11.0. The summed E-state index contributed by atoms with van der Waals surface area (Å²) >= 11 is 0. The molecule has 0 aliphatic carbocycles. The number of carbonyl (C=O) groups excluding carboxylic acids is 3. The smallest absolute Gasteiger partial charge is 0.405 e. The lowest BCUT2D eigenvalue weighted by Gasteiger charge is -2.29. The van der Waals surface area contributed by atoms with Gasteiger partial charge in [-0.15, -0.1) is 0 Å². The largest absolute Gasteiger partial charge is 0.508 e. The van der Waals surface area contributed by atoms with Crippen molar-refractivity contribution in [1.82, 2.24) is 15.5 Å². The summed E-state index contributed by atoms with van der Waals surface area (Å²) < 4.78 is 63.3. The summed E-state index contributed by atoms with van der Waals surface area (Å²) in [5.41, 5.74) is 0.782. The van der Waals surface area contributed by atoms with Crippen LogP contribution in [0, 0.1) is 6.92 Å². The van der Waals surface area contributed by atoms with Gasteiger partial charge in [0, 0.05) is 11.1 Å². The van der Waals surface area contributed by atoms with E-state index in [9.17, 15) is 46.5 Å². The highest BCUT2D eigenvalue weighted by Crippen LogP contribution is 2.20. The number of phenols is 1. The average molecular weight is 531 g/mol. The molecule has 2 atom stereocenters. The second-order valence-electron chi connectivity index (χ2n) is 8.17. The molecule has 0 radical (unpaired) electrons. The maximum atomic E-state index is 13.1. The predicted molar refractivity (Wildman–Crippen MR) is 122 cm³/mol. The zero-order valence-corrected chi connectivity index (χ0v) is 19.6. The fourth-order valence-corrected chi connectivity index (χ4v) is 3.41. The Morgan fingerprint density at radius 3 is 2.27 bits per heavy atom. The highest BCUT2D eigenvalue weighted by molar-refractivity contribution is 5.97. The van der Waals surface area contributed by atoms with Gasteiger partial charge in [-0.05, 0) is 31.0 Å². The number of alkyl halides is 5. The normalized spacial score (nSPS) is 13.1. The number of aromatic hydroxyl groups is 1. The number of nitrogens with one attached hydrogen (secondary N) is 2. The van der Waals surface area contributed by atoms with Crippen molar-refractivity contribution in [1.29, 1.82) is 0 Å². The molecule has 0 bridgehead atoms. The first-order valence-electron chi connectivity index (χ1n) is 11.0. The summed E-state index contributed by atoms with van der Waals surface area (Å²) in [6, 6.07) is 11.0. The third kappa shape index (κ3) is 9.33. The fourth-order valence-electron chi connectivity index (χ4n) is 3.41. The third-order valence-electron chi connectivity index (χ3n) is 5.29. The van der Waals surface area contributed by atoms with Crippen LogP contribution in [0.2, 0.25) is 0 Å². The maximum Gasteiger partial charge on any atom is 0.405 e. The molecular weight excluding hydrogens is 505 g/mol. The molecule has 4 N–H and O–H groups in total. The molecule has 13 heteroatoms. The minimum Gasteiger partial charge on any atom is -0.508 e. The molecule has 0 saturated heterocycles. The van der Waals surface area contributed by atoms with Gasteiger partial charge in [0.15, 0.2) is 6.10 Å². The molecule has 37 heavy (non-hydrogen) atoms. The van der Waals surface area contributed by atoms with Crippen LogP contribution in [0.25, 0.3) is 0 Å². The average Bonchev–Trinajstić information content (AvgIpc) is 2.82. The van der Waals surface area contributed by atoms with Gasteiger partial charge in [0.25, 0.3) is 18.2 Å². The Morgan fingerprint density at radius 1 is 1.03 bits per heavy atom. The maximum absolute atomic E-state index is 13.1. The number of carbonyl (C=O) groups is 3. The SMILES string of the molecule is Cc1c(O)cccc1C(=O)NC(Cc1ccccc1)C(O)C(=O)N(CC(=O)NCC(F)(F)F)CC(F)F. The Bertz CT molecular complexity index is 1080. The quantitative estimate of drug-likeness (QED) is 0.332. The van der Waals surface area contributed by atoms with Gasteiger partial charge in [-0.25, -0.2) is 8.78 Å². The summed E-state index contributed by atoms with van der Waals surface area (Å²) in [6.45, 7) is -2.79. The van der Waals surface area contributed by atoms with Crippen molar-refractivity contribution >= 4 is 17.7 Å². The first-order chi connectivity index (χ1) is 17.3. The van der Waals surface area contributed by atoms with Crippen LogP contribution < -0.4 is 10.6 Å². The number of rotatable bonds is 11. The van der Waals surface area contributed by atoms with Crippen LogP contribution >= 0.6 is 0 Å². The first kappa shape index (κ1) is 29.5. The Kier molecular flexibility index (Phi) is 10.4. The summed E-state index contributed by atoms with van der Waals surface area (Å²) in [5, 5.41) is 24.6. The summed E-state index contributed by atoms with van der Waals surface area (Å²) in [6.07, 6.45) is -10.2. The molecule has 0 spiro atoms. The predicted octanol–water partition coefficient (Wildman–Crippen LogP) is 2.17. The molecule has 2 aromatic carbocycles. The van der Waals surface area contributed by atoms with Gasteiger partial charge >= 0.3 is 6.18 Å². The van der Waals surface area contributed by atoms with E-state index in [2.05, 4.69) is 5.32 Å². The van der Waals surface area contributed by atoms with Crippen molar-refractivity contribution in [2.24, 2.45) is 0 Å². The zero-order valence-electron chi connectivity index (χ0n) is 19.6. The topological polar surface area (TPSA) is 119 Å². The molecule has 0 fully saturated rings. The number of aliphatic hydroxyl groups is 1. The Balaban J connectivity index is 2.28. The Labute approximate surface area is 209 Å². The van der Waals surface area contributed by atoms with E-state index in [0.29, 0.717) is 5.56 Å². The van der Waals surface area contributed by atoms with Crippen LogP contribution in [0.4, 0.5) is 22.0 Å². The van der Waals surface area contributed by atoms with Crippen molar-refractivity contribution in [3.63, 3.8) is 0 Å². The van der Waals surface area contributed by atoms with Crippen LogP contribution in [0.5, 0.6) is 5.75 Å². The van der Waals surface area contributed by atoms with Crippen LogP contribution in [-0.4, -0.2) is 77.2 Å². The highest BCUT2D eigenvalue weighted by atomic mass is 19.4. The number of hydrogen-bond donors (Lipinski definition) is 4. The summed E-state index contributed by atoms with van der Waals surface area (Å²) in [4.78, 5) is 37.9. The van der Waals surface area contributed by atoms with E-state index in [1.807, 2.05) is 0 Å². The number of halogens is 5. The van der Waals surface area contributed by atoms with Crippen LogP contribution in [0.15, 0.2) is 48.5 Å².